The van der Waals surface area contributed by atoms with E-state index >= 15 is 0 Å². The molecule has 1 aromatic carbocycles. The molecule has 2 heterocycles. The summed E-state index contributed by atoms with van der Waals surface area (Å²) in [7, 11) is 4.03. The third kappa shape index (κ3) is 5.17. The van der Waals surface area contributed by atoms with Gasteiger partial charge in [-0.3, -0.25) is 5.32 Å². The largest absolute Gasteiger partial charge is 0.488 e. The van der Waals surface area contributed by atoms with Crippen LogP contribution in [0.1, 0.15) is 25.7 Å². The van der Waals surface area contributed by atoms with Gasteiger partial charge in [-0.15, -0.1) is 0 Å². The molecule has 1 aliphatic rings. The van der Waals surface area contributed by atoms with Gasteiger partial charge in [0.15, 0.2) is 0 Å². The Morgan fingerprint density at radius 2 is 2.00 bits per heavy atom. The lowest BCUT2D eigenvalue weighted by molar-refractivity contribution is 0.149. The molecule has 2 aromatic heterocycles. The van der Waals surface area contributed by atoms with Crippen LogP contribution in [0.15, 0.2) is 35.0 Å². The Hall–Kier alpha value is -2.91. The highest BCUT2D eigenvalue weighted by Crippen LogP contribution is 2.29. The molecular formula is C21H29N7O2. The summed E-state index contributed by atoms with van der Waals surface area (Å²) in [6.45, 7) is 1.63. The van der Waals surface area contributed by atoms with E-state index in [1.165, 1.54) is 0 Å². The minimum absolute atomic E-state index is 0.173. The standard InChI is InChI=1S/C21H29N7O2/c1-28(2)11-10-23-21-25-13-18(30-21)26-20-24-12-14-4-3-5-17(19(14)27-20)29-16-8-6-15(22)7-9-16/h3-5,12-13,15-16H,6-11,22H2,1-2H3,(H,23,25)(H,24,26,27). The normalized spacial score (nSPS) is 19.2. The number of aromatic nitrogens is 3. The molecule has 0 aliphatic heterocycles. The highest BCUT2D eigenvalue weighted by molar-refractivity contribution is 5.84. The van der Waals surface area contributed by atoms with Crippen LogP contribution in [0.25, 0.3) is 10.9 Å². The molecule has 0 unspecified atom stereocenters. The van der Waals surface area contributed by atoms with Crippen molar-refractivity contribution in [2.24, 2.45) is 5.73 Å². The quantitative estimate of drug-likeness (QED) is 0.514. The summed E-state index contributed by atoms with van der Waals surface area (Å²) in [5, 5.41) is 7.14. The lowest BCUT2D eigenvalue weighted by Crippen LogP contribution is -2.31. The predicted octanol–water partition coefficient (Wildman–Crippen LogP) is 2.98. The number of hydrogen-bond donors (Lipinski definition) is 3. The molecular weight excluding hydrogens is 382 g/mol. The Balaban J connectivity index is 1.45. The van der Waals surface area contributed by atoms with Gasteiger partial charge in [0.05, 0.1) is 12.3 Å². The number of likely N-dealkylation sites (N-methyl/N-ethyl adjacent to an activating group) is 1. The highest BCUT2D eigenvalue weighted by atomic mass is 16.5. The molecule has 0 saturated heterocycles. The van der Waals surface area contributed by atoms with E-state index in [-0.39, 0.29) is 6.10 Å². The van der Waals surface area contributed by atoms with E-state index < -0.39 is 0 Å². The van der Waals surface area contributed by atoms with Gasteiger partial charge in [0, 0.05) is 30.7 Å². The molecule has 0 bridgehead atoms. The Morgan fingerprint density at radius 1 is 1.17 bits per heavy atom. The number of para-hydroxylation sites is 1. The van der Waals surface area contributed by atoms with Crippen LogP contribution in [-0.4, -0.2) is 59.2 Å². The fraction of sp³-hybridized carbons (Fsp3) is 0.476. The monoisotopic (exact) mass is 411 g/mol. The van der Waals surface area contributed by atoms with Gasteiger partial charge >= 0.3 is 0 Å². The van der Waals surface area contributed by atoms with E-state index in [2.05, 4.69) is 30.5 Å². The number of nitrogens with zero attached hydrogens (tertiary/aromatic N) is 4. The first-order chi connectivity index (χ1) is 14.6. The van der Waals surface area contributed by atoms with Crippen molar-refractivity contribution in [3.63, 3.8) is 0 Å². The number of ether oxygens (including phenoxy) is 1. The number of anilines is 3. The minimum atomic E-state index is 0.173. The molecule has 1 fully saturated rings. The van der Waals surface area contributed by atoms with Crippen molar-refractivity contribution in [2.75, 3.05) is 37.8 Å². The smallest absolute Gasteiger partial charge is 0.296 e. The predicted molar refractivity (Wildman–Crippen MR) is 117 cm³/mol. The van der Waals surface area contributed by atoms with Crippen LogP contribution in [0, 0.1) is 0 Å². The maximum absolute atomic E-state index is 6.27. The second-order valence-electron chi connectivity index (χ2n) is 7.93. The van der Waals surface area contributed by atoms with Crippen LogP contribution < -0.4 is 21.1 Å². The van der Waals surface area contributed by atoms with Crippen molar-refractivity contribution in [1.82, 2.24) is 19.9 Å². The lowest BCUT2D eigenvalue weighted by Gasteiger charge is -2.27. The van der Waals surface area contributed by atoms with E-state index in [9.17, 15) is 0 Å². The van der Waals surface area contributed by atoms with Gasteiger partial charge in [0.2, 0.25) is 11.8 Å². The first-order valence-corrected chi connectivity index (χ1v) is 10.4. The molecule has 0 spiro atoms. The number of benzene rings is 1. The van der Waals surface area contributed by atoms with E-state index in [1.54, 1.807) is 12.4 Å². The van der Waals surface area contributed by atoms with Crippen LogP contribution >= 0.6 is 0 Å². The maximum Gasteiger partial charge on any atom is 0.296 e. The summed E-state index contributed by atoms with van der Waals surface area (Å²) >= 11 is 0. The van der Waals surface area contributed by atoms with Gasteiger partial charge in [0.1, 0.15) is 11.3 Å². The zero-order valence-electron chi connectivity index (χ0n) is 17.5. The molecule has 30 heavy (non-hydrogen) atoms. The van der Waals surface area contributed by atoms with E-state index in [4.69, 9.17) is 14.9 Å². The zero-order valence-corrected chi connectivity index (χ0v) is 17.5. The third-order valence-corrected chi connectivity index (χ3v) is 5.16. The molecule has 3 aromatic rings. The minimum Gasteiger partial charge on any atom is -0.488 e. The van der Waals surface area contributed by atoms with Crippen LogP contribution in [0.2, 0.25) is 0 Å². The molecule has 1 aliphatic carbocycles. The van der Waals surface area contributed by atoms with Crippen LogP contribution in [0.5, 0.6) is 5.75 Å². The molecule has 0 radical (unpaired) electrons. The van der Waals surface area contributed by atoms with Gasteiger partial charge in [-0.1, -0.05) is 12.1 Å². The first kappa shape index (κ1) is 20.4. The van der Waals surface area contributed by atoms with Crippen molar-refractivity contribution in [2.45, 2.75) is 37.8 Å². The van der Waals surface area contributed by atoms with Crippen molar-refractivity contribution in [3.05, 3.63) is 30.6 Å². The molecule has 4 rings (SSSR count). The van der Waals surface area contributed by atoms with Crippen molar-refractivity contribution in [1.29, 1.82) is 0 Å². The summed E-state index contributed by atoms with van der Waals surface area (Å²) in [4.78, 5) is 15.4. The molecule has 9 nitrogen and oxygen atoms in total. The number of rotatable bonds is 8. The topological polar surface area (TPSA) is 114 Å². The van der Waals surface area contributed by atoms with Gasteiger partial charge in [-0.25, -0.2) is 9.97 Å². The summed E-state index contributed by atoms with van der Waals surface area (Å²) in [6.07, 6.45) is 7.48. The molecule has 160 valence electrons. The summed E-state index contributed by atoms with van der Waals surface area (Å²) in [5.41, 5.74) is 6.78. The number of hydrogen-bond acceptors (Lipinski definition) is 9. The highest BCUT2D eigenvalue weighted by Gasteiger charge is 2.21. The Morgan fingerprint density at radius 3 is 2.80 bits per heavy atom. The zero-order chi connectivity index (χ0) is 20.9. The molecule has 0 amide bonds. The second kappa shape index (κ2) is 9.27. The van der Waals surface area contributed by atoms with Crippen molar-refractivity contribution in [3.8, 4) is 5.75 Å². The average molecular weight is 412 g/mol. The Labute approximate surface area is 176 Å². The van der Waals surface area contributed by atoms with Gasteiger partial charge in [0.25, 0.3) is 6.01 Å². The number of nitrogens with two attached hydrogens (primary N) is 1. The van der Waals surface area contributed by atoms with E-state index in [0.29, 0.717) is 23.9 Å². The lowest BCUT2D eigenvalue weighted by atomic mass is 9.94. The second-order valence-corrected chi connectivity index (χ2v) is 7.93. The fourth-order valence-corrected chi connectivity index (χ4v) is 3.48. The van der Waals surface area contributed by atoms with Crippen molar-refractivity contribution < 1.29 is 9.15 Å². The summed E-state index contributed by atoms with van der Waals surface area (Å²) in [5.74, 6) is 1.67. The van der Waals surface area contributed by atoms with E-state index in [1.807, 2.05) is 32.3 Å². The molecule has 0 atom stereocenters. The van der Waals surface area contributed by atoms with Crippen molar-refractivity contribution >= 4 is 28.8 Å². The Bertz CT molecular complexity index is 967. The fourth-order valence-electron chi connectivity index (χ4n) is 3.48. The number of oxazole rings is 1. The summed E-state index contributed by atoms with van der Waals surface area (Å²) < 4.78 is 11.9. The SMILES string of the molecule is CN(C)CCNc1ncc(Nc2ncc3cccc(OC4CCC(N)CC4)c3n2)o1. The summed E-state index contributed by atoms with van der Waals surface area (Å²) in [6, 6.07) is 6.64. The Kier molecular flexibility index (Phi) is 6.29. The van der Waals surface area contributed by atoms with Crippen LogP contribution in [-0.2, 0) is 0 Å². The van der Waals surface area contributed by atoms with Crippen LogP contribution in [0.4, 0.5) is 17.8 Å². The average Bonchev–Trinajstić information content (AvgIpc) is 3.17. The first-order valence-electron chi connectivity index (χ1n) is 10.4. The maximum atomic E-state index is 6.27. The number of fused-ring (bicyclic) bond motifs is 1. The molecule has 9 heteroatoms. The van der Waals surface area contributed by atoms with Crippen LogP contribution in [0.3, 0.4) is 0 Å². The molecule has 1 saturated carbocycles. The van der Waals surface area contributed by atoms with Gasteiger partial charge in [-0.05, 0) is 45.8 Å². The van der Waals surface area contributed by atoms with E-state index in [0.717, 1.165) is 55.4 Å². The third-order valence-electron chi connectivity index (χ3n) is 5.16. The van der Waals surface area contributed by atoms with Gasteiger partial charge < -0.3 is 25.1 Å². The van der Waals surface area contributed by atoms with Gasteiger partial charge in [-0.2, -0.15) is 4.98 Å². The number of nitrogens with one attached hydrogen (secondary N) is 2. The molecule has 4 N–H and O–H groups in total.